The predicted octanol–water partition coefficient (Wildman–Crippen LogP) is 24.7. The second-order valence-electron chi connectivity index (χ2n) is 27.7. The van der Waals surface area contributed by atoms with Crippen LogP contribution in [-0.4, -0.2) is 96.7 Å². The fourth-order valence-electron chi connectivity index (χ4n) is 11.2. The molecule has 0 saturated heterocycles. The summed E-state index contributed by atoms with van der Waals surface area (Å²) >= 11 is 0. The molecule has 0 aromatic rings. The third-order valence-corrected chi connectivity index (χ3v) is 19.4. The van der Waals surface area contributed by atoms with E-state index in [0.717, 1.165) is 154 Å². The molecule has 0 aromatic heterocycles. The van der Waals surface area contributed by atoms with Gasteiger partial charge in [-0.05, 0) is 116 Å². The highest BCUT2D eigenvalue weighted by Gasteiger charge is 2.30. The van der Waals surface area contributed by atoms with Crippen LogP contribution in [0.2, 0.25) is 0 Å². The number of ether oxygens (including phenoxy) is 4. The summed E-state index contributed by atoms with van der Waals surface area (Å²) < 4.78 is 68.7. The standard InChI is InChI=1S/C87H150O17P2/c1-5-9-13-17-21-25-29-33-36-38-40-42-45-48-51-55-59-63-67-71-84(89)97-77-82(103-86(91)73-69-65-61-57-53-47-32-28-24-20-16-12-8-4)79-101-105(93,94)99-75-81(88)76-100-106(95,96)102-80-83(104-87(92)74-70-66-62-58-54-50-44-35-31-27-23-19-15-11-7-3)78-98-85(90)72-68-64-60-56-52-49-46-43-41-39-37-34-30-26-22-18-14-10-6-2/h9-10,13-14,21-22,25-26,33-34,36-37,40-43,48-49,51-52,81-83,88H,5-8,11-12,15-20,23-24,27-32,35,38-39,44-47,50,53-80H2,1-4H3,(H,93,94)(H,95,96)/b13-9-,14-10-,25-21-,26-22-,36-33-,37-34-,42-40-,43-41-,51-48-,52-49-. The molecule has 0 aliphatic carbocycles. The van der Waals surface area contributed by atoms with Crippen molar-refractivity contribution in [2.24, 2.45) is 0 Å². The summed E-state index contributed by atoms with van der Waals surface area (Å²) in [6.45, 7) is 4.63. The Bertz CT molecular complexity index is 2480. The third-order valence-electron chi connectivity index (χ3n) is 17.5. The number of carbonyl (C=O) groups excluding carboxylic acids is 4. The smallest absolute Gasteiger partial charge is 0.462 e. The Morgan fingerprint density at radius 3 is 0.755 bits per heavy atom. The van der Waals surface area contributed by atoms with Crippen LogP contribution in [0.5, 0.6) is 0 Å². The van der Waals surface area contributed by atoms with Crippen molar-refractivity contribution >= 4 is 39.5 Å². The van der Waals surface area contributed by atoms with Crippen molar-refractivity contribution in [2.75, 3.05) is 39.6 Å². The molecule has 0 fully saturated rings. The molecule has 3 N–H and O–H groups in total. The number of aliphatic hydroxyl groups is 1. The molecule has 0 heterocycles. The molecule has 0 amide bonds. The van der Waals surface area contributed by atoms with Gasteiger partial charge >= 0.3 is 39.5 Å². The Morgan fingerprint density at radius 2 is 0.491 bits per heavy atom. The highest BCUT2D eigenvalue weighted by atomic mass is 31.2. The molecule has 0 saturated carbocycles. The molecule has 5 atom stereocenters. The zero-order chi connectivity index (χ0) is 77.4. The minimum absolute atomic E-state index is 0.0884. The van der Waals surface area contributed by atoms with Crippen LogP contribution in [0.3, 0.4) is 0 Å². The van der Waals surface area contributed by atoms with Crippen LogP contribution in [0, 0.1) is 0 Å². The Morgan fingerprint density at radius 1 is 0.274 bits per heavy atom. The molecule has 610 valence electrons. The lowest BCUT2D eigenvalue weighted by atomic mass is 10.0. The fourth-order valence-corrected chi connectivity index (χ4v) is 12.7. The second kappa shape index (κ2) is 78.6. The molecule has 0 aliphatic rings. The lowest BCUT2D eigenvalue weighted by Crippen LogP contribution is -2.30. The van der Waals surface area contributed by atoms with E-state index < -0.39 is 97.5 Å². The molecular formula is C87H150O17P2. The maximum absolute atomic E-state index is 13.1. The second-order valence-corrected chi connectivity index (χ2v) is 30.6. The van der Waals surface area contributed by atoms with Gasteiger partial charge in [0.05, 0.1) is 26.4 Å². The largest absolute Gasteiger partial charge is 0.472 e. The van der Waals surface area contributed by atoms with Crippen molar-refractivity contribution in [3.63, 3.8) is 0 Å². The first-order valence-corrected chi connectivity index (χ1v) is 44.8. The Kier molecular flexibility index (Phi) is 75.2. The van der Waals surface area contributed by atoms with Gasteiger partial charge in [-0.3, -0.25) is 37.3 Å². The van der Waals surface area contributed by atoms with Crippen molar-refractivity contribution in [3.05, 3.63) is 122 Å². The zero-order valence-corrected chi connectivity index (χ0v) is 68.6. The van der Waals surface area contributed by atoms with Crippen LogP contribution in [0.4, 0.5) is 0 Å². The van der Waals surface area contributed by atoms with Gasteiger partial charge in [0.1, 0.15) is 19.3 Å². The van der Waals surface area contributed by atoms with Gasteiger partial charge < -0.3 is 33.8 Å². The van der Waals surface area contributed by atoms with Crippen molar-refractivity contribution in [3.8, 4) is 0 Å². The normalized spacial score (nSPS) is 14.4. The average Bonchev–Trinajstić information content (AvgIpc) is 0.901. The Hall–Kier alpha value is -4.54. The number of esters is 4. The van der Waals surface area contributed by atoms with Gasteiger partial charge in [-0.2, -0.15) is 0 Å². The summed E-state index contributed by atoms with van der Waals surface area (Å²) in [6.07, 6.45) is 87.4. The highest BCUT2D eigenvalue weighted by Crippen LogP contribution is 2.45. The van der Waals surface area contributed by atoms with E-state index in [9.17, 15) is 43.2 Å². The number of unbranched alkanes of at least 4 members (excludes halogenated alkanes) is 32. The summed E-state index contributed by atoms with van der Waals surface area (Å²) in [5.74, 6) is -2.23. The fraction of sp³-hybridized carbons (Fsp3) is 0.724. The molecule has 106 heavy (non-hydrogen) atoms. The molecule has 0 spiro atoms. The quantitative estimate of drug-likeness (QED) is 0.0169. The minimum atomic E-state index is -4.99. The number of allylic oxidation sites excluding steroid dienone is 20. The molecule has 0 rings (SSSR count). The predicted molar refractivity (Wildman–Crippen MR) is 436 cm³/mol. The molecule has 0 bridgehead atoms. The maximum Gasteiger partial charge on any atom is 0.472 e. The average molecular weight is 1530 g/mol. The van der Waals surface area contributed by atoms with Gasteiger partial charge in [-0.1, -0.05) is 329 Å². The Balaban J connectivity index is 5.39. The van der Waals surface area contributed by atoms with E-state index in [1.165, 1.54) is 116 Å². The molecule has 17 nitrogen and oxygen atoms in total. The van der Waals surface area contributed by atoms with Crippen LogP contribution in [0.1, 0.15) is 349 Å². The van der Waals surface area contributed by atoms with Crippen LogP contribution in [0.15, 0.2) is 122 Å². The summed E-state index contributed by atoms with van der Waals surface area (Å²) in [4.78, 5) is 73.1. The number of aliphatic hydroxyl groups excluding tert-OH is 1. The maximum atomic E-state index is 13.1. The topological polar surface area (TPSA) is 237 Å². The SMILES string of the molecule is CC/C=C\C/C=C\C/C=C\C/C=C\C/C=C\CCCCCC(=O)OCC(COP(=O)(O)OCC(O)COP(=O)(O)OCC(COC(=O)CCCCC/C=C\C/C=C\C/C=C\C/C=C\C/C=C\CC)OC(=O)CCCCCCCCCCCCCCCCC)OC(=O)CCCCCCCCCCCCCCC. The van der Waals surface area contributed by atoms with Gasteiger partial charge in [-0.25, -0.2) is 9.13 Å². The van der Waals surface area contributed by atoms with Crippen molar-refractivity contribution in [2.45, 2.75) is 367 Å². The minimum Gasteiger partial charge on any atom is -0.462 e. The monoisotopic (exact) mass is 1530 g/mol. The summed E-state index contributed by atoms with van der Waals surface area (Å²) in [5, 5.41) is 10.7. The van der Waals surface area contributed by atoms with Crippen molar-refractivity contribution in [1.29, 1.82) is 0 Å². The highest BCUT2D eigenvalue weighted by molar-refractivity contribution is 7.47. The number of hydrogen-bond donors (Lipinski definition) is 3. The number of phosphoric acid groups is 2. The molecular weight excluding hydrogens is 1380 g/mol. The lowest BCUT2D eigenvalue weighted by molar-refractivity contribution is -0.161. The third kappa shape index (κ3) is 77.6. The summed E-state index contributed by atoms with van der Waals surface area (Å²) in [5.41, 5.74) is 0. The Labute approximate surface area is 644 Å². The van der Waals surface area contributed by atoms with Crippen molar-refractivity contribution < 1.29 is 80.2 Å². The first-order valence-electron chi connectivity index (χ1n) is 41.8. The molecule has 0 aliphatic heterocycles. The van der Waals surface area contributed by atoms with Crippen LogP contribution in [-0.2, 0) is 65.4 Å². The van der Waals surface area contributed by atoms with E-state index in [-0.39, 0.29) is 25.7 Å². The lowest BCUT2D eigenvalue weighted by Gasteiger charge is -2.21. The number of carbonyl (C=O) groups is 4. The van der Waals surface area contributed by atoms with Gasteiger partial charge in [0.15, 0.2) is 12.2 Å². The van der Waals surface area contributed by atoms with Gasteiger partial charge in [0, 0.05) is 25.7 Å². The van der Waals surface area contributed by atoms with E-state index in [4.69, 9.17) is 37.0 Å². The van der Waals surface area contributed by atoms with E-state index in [1.54, 1.807) is 0 Å². The van der Waals surface area contributed by atoms with Crippen LogP contribution in [0.25, 0.3) is 0 Å². The first kappa shape index (κ1) is 101. The van der Waals surface area contributed by atoms with Crippen LogP contribution < -0.4 is 0 Å². The zero-order valence-electron chi connectivity index (χ0n) is 66.8. The van der Waals surface area contributed by atoms with Gasteiger partial charge in [-0.15, -0.1) is 0 Å². The van der Waals surface area contributed by atoms with Gasteiger partial charge in [0.25, 0.3) is 0 Å². The summed E-state index contributed by atoms with van der Waals surface area (Å²) in [7, 11) is -9.97. The number of rotatable bonds is 78. The molecule has 19 heteroatoms. The number of phosphoric ester groups is 2. The molecule has 5 unspecified atom stereocenters. The molecule has 0 aromatic carbocycles. The summed E-state index contributed by atoms with van der Waals surface area (Å²) in [6, 6.07) is 0. The van der Waals surface area contributed by atoms with E-state index in [0.29, 0.717) is 25.7 Å². The number of hydrogen-bond acceptors (Lipinski definition) is 15. The molecule has 0 radical (unpaired) electrons. The van der Waals surface area contributed by atoms with Crippen LogP contribution >= 0.6 is 15.6 Å². The van der Waals surface area contributed by atoms with Gasteiger partial charge in [0.2, 0.25) is 0 Å². The van der Waals surface area contributed by atoms with E-state index >= 15 is 0 Å². The van der Waals surface area contributed by atoms with E-state index in [1.807, 2.05) is 0 Å². The van der Waals surface area contributed by atoms with Crippen molar-refractivity contribution in [1.82, 2.24) is 0 Å². The van der Waals surface area contributed by atoms with E-state index in [2.05, 4.69) is 149 Å². The first-order chi connectivity index (χ1) is 51.7.